The zero-order valence-electron chi connectivity index (χ0n) is 8.32. The quantitative estimate of drug-likeness (QED) is 0.325. The van der Waals surface area contributed by atoms with Crippen LogP contribution in [0.15, 0.2) is 16.8 Å². The Balaban J connectivity index is 2.40. The van der Waals surface area contributed by atoms with Crippen molar-refractivity contribution in [3.8, 4) is 0 Å². The molecule has 0 saturated carbocycles. The van der Waals surface area contributed by atoms with Crippen molar-refractivity contribution in [1.82, 2.24) is 0 Å². The van der Waals surface area contributed by atoms with Crippen molar-refractivity contribution in [1.29, 1.82) is 0 Å². The van der Waals surface area contributed by atoms with E-state index in [1.807, 2.05) is 6.08 Å². The SMILES string of the molecule is CCOC(=O)CC1=CCC(=NO)CC1. The fourth-order valence-electron chi connectivity index (χ4n) is 1.42. The average Bonchev–Trinajstić information content (AvgIpc) is 2.19. The van der Waals surface area contributed by atoms with Gasteiger partial charge in [0.2, 0.25) is 0 Å². The predicted molar refractivity (Wildman–Crippen MR) is 52.4 cm³/mol. The molecule has 0 radical (unpaired) electrons. The summed E-state index contributed by atoms with van der Waals surface area (Å²) in [5.41, 5.74) is 1.86. The van der Waals surface area contributed by atoms with E-state index in [0.717, 1.165) is 24.1 Å². The van der Waals surface area contributed by atoms with Crippen LogP contribution in [0.3, 0.4) is 0 Å². The highest BCUT2D eigenvalue weighted by molar-refractivity contribution is 5.87. The minimum Gasteiger partial charge on any atom is -0.466 e. The van der Waals surface area contributed by atoms with Crippen molar-refractivity contribution in [2.24, 2.45) is 5.16 Å². The first-order chi connectivity index (χ1) is 6.76. The van der Waals surface area contributed by atoms with Gasteiger partial charge in [-0.3, -0.25) is 4.79 Å². The van der Waals surface area contributed by atoms with Crippen molar-refractivity contribution < 1.29 is 14.7 Å². The summed E-state index contributed by atoms with van der Waals surface area (Å²) in [5, 5.41) is 11.7. The fourth-order valence-corrected chi connectivity index (χ4v) is 1.42. The third-order valence-electron chi connectivity index (χ3n) is 2.18. The molecule has 0 aromatic rings. The van der Waals surface area contributed by atoms with Crippen LogP contribution in [0, 0.1) is 0 Å². The Kier molecular flexibility index (Phi) is 4.16. The topological polar surface area (TPSA) is 58.9 Å². The van der Waals surface area contributed by atoms with Crippen LogP contribution in [-0.2, 0) is 9.53 Å². The molecule has 1 aliphatic rings. The molecule has 0 heterocycles. The van der Waals surface area contributed by atoms with E-state index in [4.69, 9.17) is 9.94 Å². The van der Waals surface area contributed by atoms with Crippen molar-refractivity contribution in [3.63, 3.8) is 0 Å². The summed E-state index contributed by atoms with van der Waals surface area (Å²) in [7, 11) is 0. The first kappa shape index (κ1) is 10.8. The molecule has 0 bridgehead atoms. The van der Waals surface area contributed by atoms with Crippen molar-refractivity contribution in [2.45, 2.75) is 32.6 Å². The van der Waals surface area contributed by atoms with Gasteiger partial charge >= 0.3 is 5.97 Å². The zero-order chi connectivity index (χ0) is 10.4. The van der Waals surface area contributed by atoms with Crippen LogP contribution >= 0.6 is 0 Å². The maximum Gasteiger partial charge on any atom is 0.309 e. The van der Waals surface area contributed by atoms with Gasteiger partial charge in [0.15, 0.2) is 0 Å². The third-order valence-corrected chi connectivity index (χ3v) is 2.18. The number of carbonyl (C=O) groups is 1. The summed E-state index contributed by atoms with van der Waals surface area (Å²) in [5.74, 6) is -0.178. The van der Waals surface area contributed by atoms with Gasteiger partial charge in [-0.15, -0.1) is 0 Å². The normalized spacial score (nSPS) is 19.2. The van der Waals surface area contributed by atoms with Crippen LogP contribution in [0.2, 0.25) is 0 Å². The summed E-state index contributed by atoms with van der Waals surface area (Å²) < 4.78 is 4.84. The number of nitrogens with zero attached hydrogens (tertiary/aromatic N) is 1. The van der Waals surface area contributed by atoms with E-state index in [0.29, 0.717) is 19.4 Å². The van der Waals surface area contributed by atoms with Crippen LogP contribution in [0.25, 0.3) is 0 Å². The summed E-state index contributed by atoms with van der Waals surface area (Å²) in [6.45, 7) is 2.22. The van der Waals surface area contributed by atoms with E-state index in [1.165, 1.54) is 0 Å². The van der Waals surface area contributed by atoms with Gasteiger partial charge in [0.1, 0.15) is 0 Å². The summed E-state index contributed by atoms with van der Waals surface area (Å²) >= 11 is 0. The number of esters is 1. The number of hydrogen-bond donors (Lipinski definition) is 1. The molecule has 0 unspecified atom stereocenters. The van der Waals surface area contributed by atoms with Gasteiger partial charge in [-0.1, -0.05) is 16.8 Å². The number of hydrogen-bond acceptors (Lipinski definition) is 4. The second-order valence-electron chi connectivity index (χ2n) is 3.21. The Morgan fingerprint density at radius 1 is 1.64 bits per heavy atom. The van der Waals surface area contributed by atoms with Gasteiger partial charge in [-0.2, -0.15) is 0 Å². The van der Waals surface area contributed by atoms with Gasteiger partial charge < -0.3 is 9.94 Å². The number of rotatable bonds is 3. The molecule has 1 N–H and O–H groups in total. The third kappa shape index (κ3) is 3.20. The van der Waals surface area contributed by atoms with E-state index in [2.05, 4.69) is 5.16 Å². The van der Waals surface area contributed by atoms with Gasteiger partial charge in [-0.05, 0) is 19.8 Å². The highest BCUT2D eigenvalue weighted by Crippen LogP contribution is 2.19. The smallest absolute Gasteiger partial charge is 0.309 e. The van der Waals surface area contributed by atoms with E-state index in [-0.39, 0.29) is 5.97 Å². The first-order valence-corrected chi connectivity index (χ1v) is 4.79. The van der Waals surface area contributed by atoms with Crippen LogP contribution in [-0.4, -0.2) is 23.5 Å². The monoisotopic (exact) mass is 197 g/mol. The number of allylic oxidation sites excluding steroid dienone is 1. The molecule has 1 rings (SSSR count). The highest BCUT2D eigenvalue weighted by atomic mass is 16.5. The molecule has 0 amide bonds. The Morgan fingerprint density at radius 3 is 2.93 bits per heavy atom. The molecule has 4 nitrogen and oxygen atoms in total. The largest absolute Gasteiger partial charge is 0.466 e. The van der Waals surface area contributed by atoms with Crippen LogP contribution < -0.4 is 0 Å². The lowest BCUT2D eigenvalue weighted by Gasteiger charge is -2.12. The Morgan fingerprint density at radius 2 is 2.43 bits per heavy atom. The van der Waals surface area contributed by atoms with Crippen molar-refractivity contribution in [2.75, 3.05) is 6.61 Å². The van der Waals surface area contributed by atoms with Crippen molar-refractivity contribution in [3.05, 3.63) is 11.6 Å². The van der Waals surface area contributed by atoms with Crippen LogP contribution in [0.5, 0.6) is 0 Å². The van der Waals surface area contributed by atoms with Gasteiger partial charge in [-0.25, -0.2) is 0 Å². The molecule has 78 valence electrons. The molecule has 0 aromatic heterocycles. The maximum atomic E-state index is 11.1. The molecule has 0 aliphatic heterocycles. The standard InChI is InChI=1S/C10H15NO3/c1-2-14-10(12)7-8-3-5-9(11-13)6-4-8/h3,13H,2,4-7H2,1H3. The van der Waals surface area contributed by atoms with Gasteiger partial charge in [0.25, 0.3) is 0 Å². The number of oxime groups is 1. The molecule has 0 fully saturated rings. The zero-order valence-corrected chi connectivity index (χ0v) is 8.32. The molecular weight excluding hydrogens is 182 g/mol. The fraction of sp³-hybridized carbons (Fsp3) is 0.600. The summed E-state index contributed by atoms with van der Waals surface area (Å²) in [4.78, 5) is 11.1. The Hall–Kier alpha value is -1.32. The molecule has 1 aliphatic carbocycles. The second-order valence-corrected chi connectivity index (χ2v) is 3.21. The first-order valence-electron chi connectivity index (χ1n) is 4.79. The molecule has 0 saturated heterocycles. The van der Waals surface area contributed by atoms with Crippen LogP contribution in [0.4, 0.5) is 0 Å². The minimum atomic E-state index is -0.178. The van der Waals surface area contributed by atoms with E-state index >= 15 is 0 Å². The Bertz CT molecular complexity index is 269. The summed E-state index contributed by atoms with van der Waals surface area (Å²) in [6.07, 6.45) is 4.48. The lowest BCUT2D eigenvalue weighted by molar-refractivity contribution is -0.142. The van der Waals surface area contributed by atoms with Crippen molar-refractivity contribution >= 4 is 11.7 Å². The molecule has 0 atom stereocenters. The lowest BCUT2D eigenvalue weighted by atomic mass is 9.96. The second kappa shape index (κ2) is 5.42. The predicted octanol–water partition coefficient (Wildman–Crippen LogP) is 1.88. The van der Waals surface area contributed by atoms with E-state index in [1.54, 1.807) is 6.92 Å². The average molecular weight is 197 g/mol. The van der Waals surface area contributed by atoms with Crippen LogP contribution in [0.1, 0.15) is 32.6 Å². The van der Waals surface area contributed by atoms with Gasteiger partial charge in [0.05, 0.1) is 18.7 Å². The van der Waals surface area contributed by atoms with Gasteiger partial charge in [0, 0.05) is 6.42 Å². The lowest BCUT2D eigenvalue weighted by Crippen LogP contribution is -2.10. The Labute approximate surface area is 83.2 Å². The molecule has 0 spiro atoms. The number of carbonyl (C=O) groups excluding carboxylic acids is 1. The number of ether oxygens (including phenoxy) is 1. The highest BCUT2D eigenvalue weighted by Gasteiger charge is 2.12. The molecular formula is C10H15NO3. The maximum absolute atomic E-state index is 11.1. The molecule has 14 heavy (non-hydrogen) atoms. The van der Waals surface area contributed by atoms with E-state index in [9.17, 15) is 4.79 Å². The molecule has 0 aromatic carbocycles. The molecule has 4 heteroatoms. The minimum absolute atomic E-state index is 0.178. The van der Waals surface area contributed by atoms with E-state index < -0.39 is 0 Å². The summed E-state index contributed by atoms with van der Waals surface area (Å²) in [6, 6.07) is 0.